The van der Waals surface area contributed by atoms with Gasteiger partial charge in [0.05, 0.1) is 17.7 Å². The molecule has 0 spiro atoms. The lowest BCUT2D eigenvalue weighted by Gasteiger charge is -2.15. The van der Waals surface area contributed by atoms with E-state index in [1.165, 1.54) is 11.6 Å². The summed E-state index contributed by atoms with van der Waals surface area (Å²) in [5, 5.41) is 12.9. The molecule has 0 aliphatic rings. The Balaban J connectivity index is 1.72. The zero-order valence-electron chi connectivity index (χ0n) is 16.5. The number of anilines is 1. The first-order valence-electron chi connectivity index (χ1n) is 9.19. The number of carbonyl (C=O) groups is 1. The van der Waals surface area contributed by atoms with Gasteiger partial charge >= 0.3 is 5.97 Å². The Morgan fingerprint density at radius 1 is 1.03 bits per heavy atom. The summed E-state index contributed by atoms with van der Waals surface area (Å²) in [5.41, 5.74) is 3.76. The summed E-state index contributed by atoms with van der Waals surface area (Å²) in [6.07, 6.45) is 0. The molecule has 30 heavy (non-hydrogen) atoms. The van der Waals surface area contributed by atoms with Crippen LogP contribution in [-0.4, -0.2) is 18.2 Å². The van der Waals surface area contributed by atoms with Crippen molar-refractivity contribution in [3.63, 3.8) is 0 Å². The lowest BCUT2D eigenvalue weighted by Crippen LogP contribution is -2.04. The summed E-state index contributed by atoms with van der Waals surface area (Å²) in [6.45, 7) is 2.83. The highest BCUT2D eigenvalue weighted by atomic mass is 35.5. The van der Waals surface area contributed by atoms with E-state index in [4.69, 9.17) is 37.8 Å². The zero-order chi connectivity index (χ0) is 21.7. The molecular weight excluding hydrogens is 425 g/mol. The molecule has 0 saturated heterocycles. The predicted octanol–water partition coefficient (Wildman–Crippen LogP) is 6.20. The van der Waals surface area contributed by atoms with Gasteiger partial charge in [0.25, 0.3) is 0 Å². The second-order valence-electron chi connectivity index (χ2n) is 6.73. The van der Waals surface area contributed by atoms with E-state index < -0.39 is 5.97 Å². The van der Waals surface area contributed by atoms with Crippen molar-refractivity contribution in [1.82, 2.24) is 0 Å². The number of hydrogen-bond acceptors (Lipinski definition) is 4. The molecule has 0 aliphatic heterocycles. The molecule has 0 aliphatic carbocycles. The zero-order valence-corrected chi connectivity index (χ0v) is 18.1. The SMILES string of the molecule is COc1cc(CNc2ccc(C(=O)O)c(Cl)c2)c(Cl)cc1OCc1cccc(C)c1. The standard InChI is InChI=1S/C23H21Cl2NO4/c1-14-4-3-5-15(8-14)13-30-22-11-19(24)16(9-21(22)29-2)12-26-17-6-7-18(23(27)28)20(25)10-17/h3-11,26H,12-13H2,1-2H3,(H,27,28). The summed E-state index contributed by atoms with van der Waals surface area (Å²) in [5.74, 6) is 0.0605. The van der Waals surface area contributed by atoms with Gasteiger partial charge in [0.15, 0.2) is 11.5 Å². The van der Waals surface area contributed by atoms with Crippen LogP contribution in [0.25, 0.3) is 0 Å². The van der Waals surface area contributed by atoms with Crippen molar-refractivity contribution in [3.05, 3.63) is 86.9 Å². The van der Waals surface area contributed by atoms with Crippen LogP contribution in [0.15, 0.2) is 54.6 Å². The van der Waals surface area contributed by atoms with Gasteiger partial charge in [-0.25, -0.2) is 4.79 Å². The molecule has 0 bridgehead atoms. The van der Waals surface area contributed by atoms with Crippen molar-refractivity contribution in [1.29, 1.82) is 0 Å². The Labute approximate surface area is 185 Å². The molecule has 0 amide bonds. The normalized spacial score (nSPS) is 10.5. The monoisotopic (exact) mass is 445 g/mol. The minimum atomic E-state index is -1.07. The van der Waals surface area contributed by atoms with E-state index in [1.54, 1.807) is 25.3 Å². The molecule has 0 fully saturated rings. The van der Waals surface area contributed by atoms with Crippen LogP contribution in [0.4, 0.5) is 5.69 Å². The number of ether oxygens (including phenoxy) is 2. The maximum atomic E-state index is 11.1. The van der Waals surface area contributed by atoms with E-state index in [-0.39, 0.29) is 10.6 Å². The third-order valence-electron chi connectivity index (χ3n) is 4.49. The molecule has 2 N–H and O–H groups in total. The number of halogens is 2. The van der Waals surface area contributed by atoms with E-state index in [2.05, 4.69) is 11.4 Å². The molecule has 3 aromatic rings. The molecule has 156 valence electrons. The fourth-order valence-electron chi connectivity index (χ4n) is 2.94. The van der Waals surface area contributed by atoms with Gasteiger partial charge < -0.3 is 19.9 Å². The first kappa shape index (κ1) is 21.8. The van der Waals surface area contributed by atoms with Gasteiger partial charge in [-0.1, -0.05) is 53.0 Å². The van der Waals surface area contributed by atoms with Crippen LogP contribution in [0, 0.1) is 6.92 Å². The number of methoxy groups -OCH3 is 1. The Kier molecular flexibility index (Phi) is 7.08. The van der Waals surface area contributed by atoms with Crippen molar-refractivity contribution in [3.8, 4) is 11.5 Å². The first-order chi connectivity index (χ1) is 14.4. The average Bonchev–Trinajstić information content (AvgIpc) is 2.71. The Hall–Kier alpha value is -2.89. The van der Waals surface area contributed by atoms with E-state index in [1.807, 2.05) is 31.2 Å². The molecule has 0 atom stereocenters. The number of carboxylic acid groups (broad SMARTS) is 1. The number of benzene rings is 3. The van der Waals surface area contributed by atoms with Crippen LogP contribution in [0.1, 0.15) is 27.0 Å². The second-order valence-corrected chi connectivity index (χ2v) is 7.54. The molecule has 0 radical (unpaired) electrons. The van der Waals surface area contributed by atoms with Crippen molar-refractivity contribution >= 4 is 34.9 Å². The molecule has 3 rings (SSSR count). The molecule has 0 saturated carbocycles. The lowest BCUT2D eigenvalue weighted by atomic mass is 10.1. The lowest BCUT2D eigenvalue weighted by molar-refractivity contribution is 0.0697. The summed E-state index contributed by atoms with van der Waals surface area (Å²) < 4.78 is 11.4. The quantitative estimate of drug-likeness (QED) is 0.431. The number of carboxylic acids is 1. The molecular formula is C23H21Cl2NO4. The minimum absolute atomic E-state index is 0.0528. The van der Waals surface area contributed by atoms with Gasteiger partial charge in [-0.15, -0.1) is 0 Å². The maximum absolute atomic E-state index is 11.1. The van der Waals surface area contributed by atoms with Gasteiger partial charge in [0, 0.05) is 23.3 Å². The maximum Gasteiger partial charge on any atom is 0.337 e. The fourth-order valence-corrected chi connectivity index (χ4v) is 3.43. The summed E-state index contributed by atoms with van der Waals surface area (Å²) in [4.78, 5) is 11.1. The summed E-state index contributed by atoms with van der Waals surface area (Å²) in [6, 6.07) is 16.3. The van der Waals surface area contributed by atoms with E-state index in [9.17, 15) is 4.79 Å². The number of hydrogen-bond donors (Lipinski definition) is 2. The number of aryl methyl sites for hydroxylation is 1. The van der Waals surface area contributed by atoms with Crippen molar-refractivity contribution in [2.24, 2.45) is 0 Å². The van der Waals surface area contributed by atoms with E-state index in [0.29, 0.717) is 35.4 Å². The molecule has 5 nitrogen and oxygen atoms in total. The highest BCUT2D eigenvalue weighted by molar-refractivity contribution is 6.33. The number of rotatable bonds is 8. The summed E-state index contributed by atoms with van der Waals surface area (Å²) in [7, 11) is 1.57. The van der Waals surface area contributed by atoms with Gasteiger partial charge in [0.1, 0.15) is 6.61 Å². The number of nitrogens with one attached hydrogen (secondary N) is 1. The van der Waals surface area contributed by atoms with Crippen LogP contribution in [-0.2, 0) is 13.2 Å². The molecule has 0 aromatic heterocycles. The first-order valence-corrected chi connectivity index (χ1v) is 9.94. The highest BCUT2D eigenvalue weighted by Crippen LogP contribution is 2.34. The molecule has 7 heteroatoms. The van der Waals surface area contributed by atoms with Crippen molar-refractivity contribution in [2.75, 3.05) is 12.4 Å². The molecule has 3 aromatic carbocycles. The Morgan fingerprint density at radius 2 is 1.83 bits per heavy atom. The van der Waals surface area contributed by atoms with Crippen molar-refractivity contribution in [2.45, 2.75) is 20.1 Å². The predicted molar refractivity (Wildman–Crippen MR) is 119 cm³/mol. The Bertz CT molecular complexity index is 1070. The Morgan fingerprint density at radius 3 is 2.50 bits per heavy atom. The van der Waals surface area contributed by atoms with Crippen LogP contribution in [0.3, 0.4) is 0 Å². The third kappa shape index (κ3) is 5.38. The molecule has 0 unspecified atom stereocenters. The van der Waals surface area contributed by atoms with Crippen LogP contribution in [0.2, 0.25) is 10.0 Å². The fraction of sp³-hybridized carbons (Fsp3) is 0.174. The second kappa shape index (κ2) is 9.74. The van der Waals surface area contributed by atoms with Crippen LogP contribution < -0.4 is 14.8 Å². The van der Waals surface area contributed by atoms with Crippen LogP contribution in [0.5, 0.6) is 11.5 Å². The smallest absolute Gasteiger partial charge is 0.337 e. The topological polar surface area (TPSA) is 67.8 Å². The van der Waals surface area contributed by atoms with Gasteiger partial charge in [-0.3, -0.25) is 0 Å². The highest BCUT2D eigenvalue weighted by Gasteiger charge is 2.12. The van der Waals surface area contributed by atoms with Crippen LogP contribution >= 0.6 is 23.2 Å². The van der Waals surface area contributed by atoms with E-state index in [0.717, 1.165) is 11.1 Å². The van der Waals surface area contributed by atoms with Gasteiger partial charge in [0.2, 0.25) is 0 Å². The van der Waals surface area contributed by atoms with Crippen molar-refractivity contribution < 1.29 is 19.4 Å². The minimum Gasteiger partial charge on any atom is -0.493 e. The van der Waals surface area contributed by atoms with Gasteiger partial charge in [-0.2, -0.15) is 0 Å². The average molecular weight is 446 g/mol. The largest absolute Gasteiger partial charge is 0.493 e. The van der Waals surface area contributed by atoms with E-state index >= 15 is 0 Å². The third-order valence-corrected chi connectivity index (χ3v) is 5.16. The number of aromatic carboxylic acids is 1. The summed E-state index contributed by atoms with van der Waals surface area (Å²) >= 11 is 12.5. The molecule has 0 heterocycles. The van der Waals surface area contributed by atoms with Gasteiger partial charge in [-0.05, 0) is 42.3 Å².